The zero-order valence-corrected chi connectivity index (χ0v) is 24.5. The number of nitrogens with one attached hydrogen (secondary N) is 5. The molecule has 4 unspecified atom stereocenters. The van der Waals surface area contributed by atoms with Crippen molar-refractivity contribution in [3.05, 3.63) is 23.8 Å². The van der Waals surface area contributed by atoms with E-state index in [1.165, 1.54) is 55.5 Å². The lowest BCUT2D eigenvalue weighted by Gasteiger charge is -2.46. The molecule has 5 fully saturated rings. The van der Waals surface area contributed by atoms with Gasteiger partial charge in [-0.25, -0.2) is 4.90 Å². The zero-order chi connectivity index (χ0) is 28.2. The van der Waals surface area contributed by atoms with Crippen LogP contribution in [-0.2, 0) is 4.74 Å². The third-order valence-corrected chi connectivity index (χ3v) is 10.8. The predicted octanol–water partition coefficient (Wildman–Crippen LogP) is 0.826. The molecule has 0 spiro atoms. The highest BCUT2D eigenvalue weighted by atomic mass is 16.6. The summed E-state index contributed by atoms with van der Waals surface area (Å²) < 4.78 is 6.39. The number of fused-ring (bicyclic) bond motifs is 2. The van der Waals surface area contributed by atoms with Gasteiger partial charge in [0.2, 0.25) is 0 Å². The molecule has 1 aromatic rings. The number of nitrogens with two attached hydrogens (primary N) is 1. The molecule has 8 atom stereocenters. The molecule has 4 heterocycles. The molecule has 6 aliphatic rings. The molecule has 0 bridgehead atoms. The van der Waals surface area contributed by atoms with Gasteiger partial charge in [0.25, 0.3) is 0 Å². The van der Waals surface area contributed by atoms with Crippen molar-refractivity contribution in [2.45, 2.75) is 126 Å². The van der Waals surface area contributed by atoms with Crippen LogP contribution in [0.25, 0.3) is 0 Å². The van der Waals surface area contributed by atoms with E-state index in [2.05, 4.69) is 68.4 Å². The van der Waals surface area contributed by atoms with Gasteiger partial charge in [-0.1, -0.05) is 12.5 Å². The van der Waals surface area contributed by atoms with Gasteiger partial charge in [-0.2, -0.15) is 0 Å². The Balaban J connectivity index is 0.889. The molecule has 7 rings (SSSR count). The zero-order valence-electron chi connectivity index (χ0n) is 24.5. The molecule has 0 amide bonds. The monoisotopic (exact) mass is 570 g/mol. The first-order valence-corrected chi connectivity index (χ1v) is 16.0. The Labute approximate surface area is 243 Å². The van der Waals surface area contributed by atoms with Crippen LogP contribution in [0.15, 0.2) is 18.2 Å². The maximum absolute atomic E-state index is 11.0. The average molecular weight is 571 g/mol. The first-order chi connectivity index (χ1) is 19.9. The van der Waals surface area contributed by atoms with E-state index in [1.807, 2.05) is 0 Å². The average Bonchev–Trinajstić information content (AvgIpc) is 3.58. The van der Waals surface area contributed by atoms with E-state index in [-0.39, 0.29) is 18.4 Å². The van der Waals surface area contributed by atoms with E-state index >= 15 is 0 Å². The Hall–Kier alpha value is -1.54. The molecule has 11 heteroatoms. The Bertz CT molecular complexity index is 1070. The lowest BCUT2D eigenvalue weighted by Crippen LogP contribution is -2.68. The molecule has 0 aromatic heterocycles. The third-order valence-electron chi connectivity index (χ3n) is 10.8. The first-order valence-electron chi connectivity index (χ1n) is 16.0. The molecule has 11 nitrogen and oxygen atoms in total. The molecule has 1 aromatic carbocycles. The number of aliphatic hydroxyl groups is 2. The number of hydrogen-bond acceptors (Lipinski definition) is 11. The highest BCUT2D eigenvalue weighted by molar-refractivity contribution is 5.75. The molecule has 0 radical (unpaired) electrons. The summed E-state index contributed by atoms with van der Waals surface area (Å²) in [5, 5.41) is 39.5. The quantitative estimate of drug-likeness (QED) is 0.214. The summed E-state index contributed by atoms with van der Waals surface area (Å²) in [5.74, 6) is 1.48. The van der Waals surface area contributed by atoms with Crippen LogP contribution in [0, 0.1) is 5.92 Å². The second-order valence-corrected chi connectivity index (χ2v) is 13.6. The van der Waals surface area contributed by atoms with Gasteiger partial charge in [0.1, 0.15) is 24.5 Å². The van der Waals surface area contributed by atoms with Gasteiger partial charge in [-0.05, 0) is 81.9 Å². The third kappa shape index (κ3) is 5.38. The second-order valence-electron chi connectivity index (χ2n) is 13.6. The van der Waals surface area contributed by atoms with Gasteiger partial charge >= 0.3 is 0 Å². The maximum atomic E-state index is 11.0. The normalized spacial score (nSPS) is 40.7. The first kappa shape index (κ1) is 28.2. The van der Waals surface area contributed by atoms with Crippen molar-refractivity contribution in [3.8, 4) is 0 Å². The van der Waals surface area contributed by atoms with Crippen LogP contribution in [0.2, 0.25) is 0 Å². The summed E-state index contributed by atoms with van der Waals surface area (Å²) in [4.78, 5) is 4.54. The van der Waals surface area contributed by atoms with Gasteiger partial charge in [-0.3, -0.25) is 20.9 Å². The van der Waals surface area contributed by atoms with Crippen LogP contribution >= 0.6 is 0 Å². The van der Waals surface area contributed by atoms with Crippen LogP contribution in [0.1, 0.15) is 70.3 Å². The van der Waals surface area contributed by atoms with Crippen molar-refractivity contribution < 1.29 is 14.9 Å². The van der Waals surface area contributed by atoms with Crippen molar-refractivity contribution in [1.29, 1.82) is 0 Å². The second kappa shape index (κ2) is 11.5. The largest absolute Gasteiger partial charge is 0.387 e. The van der Waals surface area contributed by atoms with Gasteiger partial charge in [0.15, 0.2) is 0 Å². The number of hydrogen-bond donors (Lipinski definition) is 8. The van der Waals surface area contributed by atoms with Crippen LogP contribution < -0.4 is 32.3 Å². The number of ether oxygens (including phenoxy) is 1. The van der Waals surface area contributed by atoms with Crippen LogP contribution in [0.4, 0.5) is 11.4 Å². The van der Waals surface area contributed by atoms with E-state index < -0.39 is 24.5 Å². The van der Waals surface area contributed by atoms with Crippen molar-refractivity contribution >= 4 is 11.4 Å². The summed E-state index contributed by atoms with van der Waals surface area (Å²) in [6.45, 7) is 6.21. The highest BCUT2D eigenvalue weighted by Gasteiger charge is 2.52. The van der Waals surface area contributed by atoms with Crippen molar-refractivity contribution in [3.63, 3.8) is 0 Å². The minimum Gasteiger partial charge on any atom is -0.387 e. The predicted molar refractivity (Wildman–Crippen MR) is 159 cm³/mol. The van der Waals surface area contributed by atoms with Crippen molar-refractivity contribution in [2.75, 3.05) is 30.5 Å². The summed E-state index contributed by atoms with van der Waals surface area (Å²) in [5.41, 5.74) is 10.2. The fraction of sp³-hybridized carbons (Fsp3) is 0.800. The molecule has 4 aliphatic heterocycles. The van der Waals surface area contributed by atoms with Gasteiger partial charge in [0.05, 0.1) is 42.6 Å². The molecule has 9 N–H and O–H groups in total. The molecule has 2 saturated carbocycles. The summed E-state index contributed by atoms with van der Waals surface area (Å²) >= 11 is 0. The van der Waals surface area contributed by atoms with Gasteiger partial charge in [-0.15, -0.1) is 0 Å². The Morgan fingerprint density at radius 1 is 1.05 bits per heavy atom. The molecular weight excluding hydrogens is 520 g/mol. The molecular formula is C30H50N8O3. The van der Waals surface area contributed by atoms with E-state index in [1.54, 1.807) is 0 Å². The topological polar surface area (TPSA) is 142 Å². The molecule has 2 aliphatic carbocycles. The fourth-order valence-corrected chi connectivity index (χ4v) is 7.96. The Morgan fingerprint density at radius 3 is 2.61 bits per heavy atom. The van der Waals surface area contributed by atoms with E-state index in [0.29, 0.717) is 38.1 Å². The summed E-state index contributed by atoms with van der Waals surface area (Å²) in [6, 6.07) is 7.77. The van der Waals surface area contributed by atoms with Gasteiger partial charge < -0.3 is 31.3 Å². The van der Waals surface area contributed by atoms with Crippen molar-refractivity contribution in [2.24, 2.45) is 11.7 Å². The van der Waals surface area contributed by atoms with E-state index in [4.69, 9.17) is 10.5 Å². The SMILES string of the molecule is CC(C)N(C[C@H]1O[C@@H](N2CNC3C(N)NCNC32)[C@H](O)[C@@H]1O)[C@H]1C[C@@H](CCC2Nc3ccc(C4CCC4)cc3N2)C1. The number of aliphatic hydroxyl groups excluding tert-OH is 2. The lowest BCUT2D eigenvalue weighted by atomic mass is 9.76. The minimum atomic E-state index is -0.961. The Morgan fingerprint density at radius 2 is 1.85 bits per heavy atom. The lowest BCUT2D eigenvalue weighted by molar-refractivity contribution is -0.112. The fourth-order valence-electron chi connectivity index (χ4n) is 7.96. The van der Waals surface area contributed by atoms with Crippen LogP contribution in [-0.4, -0.2) is 101 Å². The molecule has 3 saturated heterocycles. The van der Waals surface area contributed by atoms with Crippen molar-refractivity contribution in [1.82, 2.24) is 25.8 Å². The van der Waals surface area contributed by atoms with Crippen LogP contribution in [0.5, 0.6) is 0 Å². The standard InChI is InChI=1S/C30H50N8O3/c1-16(2)37(13-23-26(39)27(40)30(41-23)38-15-34-25-28(31)32-14-33-29(25)38)20-10-17(11-20)6-9-24-35-21-8-7-19(12-22(21)36-24)18-4-3-5-18/h7-8,12,16-18,20,23-30,32-36,39-40H,3-6,9-11,13-15,31H2,1-2H3/t17-,20+,23-,24?,25?,26-,27-,28?,29?,30-/m1/s1. The number of anilines is 2. The molecule has 228 valence electrons. The molecule has 41 heavy (non-hydrogen) atoms. The highest BCUT2D eigenvalue weighted by Crippen LogP contribution is 2.42. The summed E-state index contributed by atoms with van der Waals surface area (Å²) in [7, 11) is 0. The number of rotatable bonds is 9. The van der Waals surface area contributed by atoms with E-state index in [9.17, 15) is 10.2 Å². The smallest absolute Gasteiger partial charge is 0.142 e. The number of nitrogens with zero attached hydrogens (tertiary/aromatic N) is 2. The van der Waals surface area contributed by atoms with E-state index in [0.717, 1.165) is 18.3 Å². The Kier molecular flexibility index (Phi) is 7.93. The maximum Gasteiger partial charge on any atom is 0.142 e. The van der Waals surface area contributed by atoms with Crippen LogP contribution in [0.3, 0.4) is 0 Å². The van der Waals surface area contributed by atoms with Gasteiger partial charge in [0, 0.05) is 25.3 Å². The minimum absolute atomic E-state index is 0.0171. The summed E-state index contributed by atoms with van der Waals surface area (Å²) in [6.07, 6.45) is 5.91. The number of benzene rings is 1.